The molecule has 0 saturated carbocycles. The zero-order valence-corrected chi connectivity index (χ0v) is 12.0. The van der Waals surface area contributed by atoms with Gasteiger partial charge in [-0.2, -0.15) is 5.10 Å². The van der Waals surface area contributed by atoms with Crippen molar-refractivity contribution in [1.82, 2.24) is 19.6 Å². The van der Waals surface area contributed by atoms with E-state index in [9.17, 15) is 4.79 Å². The molecular weight excluding hydrogens is 314 g/mol. The lowest BCUT2D eigenvalue weighted by Crippen LogP contribution is -2.47. The number of nitrogens with zero attached hydrogens (tertiary/aromatic N) is 4. The van der Waals surface area contributed by atoms with E-state index in [2.05, 4.69) is 36.0 Å². The molecular formula is C11H14BrN5O2. The third-order valence-electron chi connectivity index (χ3n) is 3.12. The number of ether oxygens (including phenoxy) is 1. The number of hydrogen-bond donors (Lipinski definition) is 1. The Morgan fingerprint density at radius 2 is 2.42 bits per heavy atom. The summed E-state index contributed by atoms with van der Waals surface area (Å²) in [5, 5.41) is 7.14. The highest BCUT2D eigenvalue weighted by molar-refractivity contribution is 9.09. The molecule has 2 aromatic rings. The first-order valence-electron chi connectivity index (χ1n) is 6.06. The quantitative estimate of drug-likeness (QED) is 0.808. The average Bonchev–Trinajstić information content (AvgIpc) is 2.79. The van der Waals surface area contributed by atoms with Crippen molar-refractivity contribution < 1.29 is 4.74 Å². The van der Waals surface area contributed by atoms with Gasteiger partial charge in [0, 0.05) is 24.5 Å². The molecule has 3 rings (SSSR count). The maximum absolute atomic E-state index is 11.4. The van der Waals surface area contributed by atoms with E-state index in [4.69, 9.17) is 4.74 Å². The lowest BCUT2D eigenvalue weighted by molar-refractivity contribution is -0.00223. The summed E-state index contributed by atoms with van der Waals surface area (Å²) in [6, 6.07) is 1.81. The second-order valence-electron chi connectivity index (χ2n) is 4.63. The predicted octanol–water partition coefficient (Wildman–Crippen LogP) is 0.406. The molecule has 0 aromatic carbocycles. The summed E-state index contributed by atoms with van der Waals surface area (Å²) >= 11 is 3.45. The minimum Gasteiger partial charge on any atom is -0.371 e. The first kappa shape index (κ1) is 12.6. The van der Waals surface area contributed by atoms with E-state index < -0.39 is 0 Å². The van der Waals surface area contributed by atoms with Crippen LogP contribution in [0.25, 0.3) is 5.65 Å². The summed E-state index contributed by atoms with van der Waals surface area (Å²) in [6.07, 6.45) is 1.79. The van der Waals surface area contributed by atoms with Crippen molar-refractivity contribution in [3.05, 3.63) is 22.9 Å². The van der Waals surface area contributed by atoms with Crippen LogP contribution in [0.5, 0.6) is 0 Å². The molecule has 0 spiro atoms. The number of fused-ring (bicyclic) bond motifs is 1. The molecule has 3 heterocycles. The van der Waals surface area contributed by atoms with E-state index >= 15 is 0 Å². The Bertz CT molecular complexity index is 639. The monoisotopic (exact) mass is 327 g/mol. The molecule has 1 saturated heterocycles. The zero-order valence-electron chi connectivity index (χ0n) is 10.4. The Balaban J connectivity index is 1.92. The average molecular weight is 328 g/mol. The van der Waals surface area contributed by atoms with Gasteiger partial charge in [0.2, 0.25) is 0 Å². The van der Waals surface area contributed by atoms with Crippen LogP contribution in [0.2, 0.25) is 0 Å². The van der Waals surface area contributed by atoms with Gasteiger partial charge in [-0.1, -0.05) is 15.9 Å². The molecule has 1 N–H and O–H groups in total. The third kappa shape index (κ3) is 2.37. The Hall–Kier alpha value is -1.41. The summed E-state index contributed by atoms with van der Waals surface area (Å²) in [6.45, 7) is 3.59. The van der Waals surface area contributed by atoms with Crippen molar-refractivity contribution in [3.63, 3.8) is 0 Å². The van der Waals surface area contributed by atoms with Crippen LogP contribution in [0.4, 0.5) is 5.82 Å². The molecule has 0 aliphatic carbocycles. The van der Waals surface area contributed by atoms with Crippen LogP contribution in [-0.2, 0) is 4.74 Å². The van der Waals surface area contributed by atoms with Gasteiger partial charge in [0.1, 0.15) is 12.1 Å². The van der Waals surface area contributed by atoms with E-state index in [1.165, 1.54) is 10.7 Å². The maximum Gasteiger partial charge on any atom is 0.348 e. The summed E-state index contributed by atoms with van der Waals surface area (Å²) < 4.78 is 7.17. The van der Waals surface area contributed by atoms with Gasteiger partial charge in [-0.15, -0.1) is 0 Å². The van der Waals surface area contributed by atoms with E-state index in [1.54, 1.807) is 6.07 Å². The normalized spacial score (nSPS) is 24.0. The van der Waals surface area contributed by atoms with Crippen LogP contribution < -0.4 is 10.6 Å². The number of rotatable bonds is 2. The van der Waals surface area contributed by atoms with Crippen LogP contribution in [-0.4, -0.2) is 50.2 Å². The number of anilines is 1. The van der Waals surface area contributed by atoms with Crippen molar-refractivity contribution in [2.75, 3.05) is 23.3 Å². The van der Waals surface area contributed by atoms with Crippen LogP contribution >= 0.6 is 15.9 Å². The van der Waals surface area contributed by atoms with Gasteiger partial charge >= 0.3 is 5.69 Å². The smallest absolute Gasteiger partial charge is 0.348 e. The Labute approximate surface area is 117 Å². The molecule has 7 nitrogen and oxygen atoms in total. The number of nitrogens with one attached hydrogen (secondary N) is 1. The number of halogens is 1. The van der Waals surface area contributed by atoms with Gasteiger partial charge in [-0.3, -0.25) is 0 Å². The van der Waals surface area contributed by atoms with Crippen molar-refractivity contribution in [2.45, 2.75) is 19.1 Å². The molecule has 19 heavy (non-hydrogen) atoms. The first-order chi connectivity index (χ1) is 9.17. The Kier molecular flexibility index (Phi) is 3.28. The maximum atomic E-state index is 11.4. The fraction of sp³-hybridized carbons (Fsp3) is 0.545. The van der Waals surface area contributed by atoms with Gasteiger partial charge in [0.25, 0.3) is 0 Å². The fourth-order valence-electron chi connectivity index (χ4n) is 2.29. The fourth-order valence-corrected chi connectivity index (χ4v) is 2.65. The Morgan fingerprint density at radius 1 is 1.58 bits per heavy atom. The Morgan fingerprint density at radius 3 is 3.21 bits per heavy atom. The minimum atomic E-state index is -0.275. The number of hydrogen-bond acceptors (Lipinski definition) is 5. The van der Waals surface area contributed by atoms with E-state index in [0.717, 1.165) is 24.2 Å². The molecule has 102 valence electrons. The SMILES string of the molecule is CC1CN(c2cc3n[nH]c(=O)n3cn2)CC(CBr)O1. The highest BCUT2D eigenvalue weighted by atomic mass is 79.9. The number of H-pyrrole nitrogens is 1. The van der Waals surface area contributed by atoms with Crippen LogP contribution in [0.3, 0.4) is 0 Å². The highest BCUT2D eigenvalue weighted by Crippen LogP contribution is 2.19. The predicted molar refractivity (Wildman–Crippen MR) is 73.9 cm³/mol. The molecule has 8 heteroatoms. The number of morpholine rings is 1. The van der Waals surface area contributed by atoms with E-state index in [-0.39, 0.29) is 17.9 Å². The van der Waals surface area contributed by atoms with Crippen molar-refractivity contribution in [3.8, 4) is 0 Å². The summed E-state index contributed by atoms with van der Waals surface area (Å²) in [7, 11) is 0. The van der Waals surface area contributed by atoms with Crippen LogP contribution in [0.1, 0.15) is 6.92 Å². The van der Waals surface area contributed by atoms with Crippen molar-refractivity contribution in [2.24, 2.45) is 0 Å². The topological polar surface area (TPSA) is 75.5 Å². The summed E-state index contributed by atoms with van der Waals surface area (Å²) in [4.78, 5) is 17.9. The van der Waals surface area contributed by atoms with Gasteiger partial charge in [0.15, 0.2) is 5.65 Å². The minimum absolute atomic E-state index is 0.142. The van der Waals surface area contributed by atoms with E-state index in [0.29, 0.717) is 5.65 Å². The molecule has 1 aliphatic heterocycles. The first-order valence-corrected chi connectivity index (χ1v) is 7.18. The second-order valence-corrected chi connectivity index (χ2v) is 5.28. The molecule has 0 radical (unpaired) electrons. The summed E-state index contributed by atoms with van der Waals surface area (Å²) in [5.41, 5.74) is 0.298. The number of aromatic amines is 1. The van der Waals surface area contributed by atoms with Crippen molar-refractivity contribution >= 4 is 27.4 Å². The number of aromatic nitrogens is 4. The zero-order chi connectivity index (χ0) is 13.4. The summed E-state index contributed by atoms with van der Waals surface area (Å²) in [5.74, 6) is 0.813. The lowest BCUT2D eigenvalue weighted by Gasteiger charge is -2.36. The molecule has 2 aromatic heterocycles. The van der Waals surface area contributed by atoms with Crippen molar-refractivity contribution in [1.29, 1.82) is 0 Å². The van der Waals surface area contributed by atoms with E-state index in [1.807, 2.05) is 6.92 Å². The molecule has 2 unspecified atom stereocenters. The second kappa shape index (κ2) is 4.93. The number of alkyl halides is 1. The third-order valence-corrected chi connectivity index (χ3v) is 3.84. The molecule has 0 bridgehead atoms. The molecule has 1 fully saturated rings. The van der Waals surface area contributed by atoms with Gasteiger partial charge in [-0.25, -0.2) is 19.3 Å². The van der Waals surface area contributed by atoms with Gasteiger partial charge in [0.05, 0.1) is 12.2 Å². The van der Waals surface area contributed by atoms with Gasteiger partial charge in [-0.05, 0) is 6.92 Å². The molecule has 1 aliphatic rings. The molecule has 0 amide bonds. The highest BCUT2D eigenvalue weighted by Gasteiger charge is 2.25. The molecule has 2 atom stereocenters. The van der Waals surface area contributed by atoms with Gasteiger partial charge < -0.3 is 9.64 Å². The van der Waals surface area contributed by atoms with Crippen LogP contribution in [0.15, 0.2) is 17.2 Å². The largest absolute Gasteiger partial charge is 0.371 e. The van der Waals surface area contributed by atoms with Crippen LogP contribution in [0, 0.1) is 0 Å². The lowest BCUT2D eigenvalue weighted by atomic mass is 10.2. The standard InChI is InChI=1S/C11H14BrN5O2/c1-7-4-16(5-8(3-12)19-7)9-2-10-14-15-11(18)17(10)6-13-9/h2,6-8H,3-5H2,1H3,(H,15,18).